The molecule has 0 saturated carbocycles. The Hall–Kier alpha value is -2.95. The Balaban J connectivity index is 1.74. The lowest BCUT2D eigenvalue weighted by Crippen LogP contribution is -2.24. The smallest absolute Gasteiger partial charge is 0.221 e. The van der Waals surface area contributed by atoms with Gasteiger partial charge in [0.25, 0.3) is 0 Å². The highest BCUT2D eigenvalue weighted by atomic mass is 19.1. The molecule has 24 heavy (non-hydrogen) atoms. The molecule has 0 unspecified atom stereocenters. The van der Waals surface area contributed by atoms with Crippen molar-refractivity contribution >= 4 is 5.91 Å². The molecule has 0 aliphatic carbocycles. The largest absolute Gasteiger partial charge is 0.360 e. The van der Waals surface area contributed by atoms with E-state index in [1.54, 1.807) is 18.2 Å². The fourth-order valence-corrected chi connectivity index (χ4v) is 2.59. The lowest BCUT2D eigenvalue weighted by Gasteiger charge is -2.17. The molecule has 3 aromatic rings. The summed E-state index contributed by atoms with van der Waals surface area (Å²) >= 11 is 0. The first kappa shape index (κ1) is 15.9. The summed E-state index contributed by atoms with van der Waals surface area (Å²) in [5.41, 5.74) is 1.91. The number of aromatic nitrogens is 1. The normalized spacial score (nSPS) is 11.9. The Morgan fingerprint density at radius 2 is 1.75 bits per heavy atom. The van der Waals surface area contributed by atoms with Gasteiger partial charge in [0.05, 0.1) is 12.7 Å². The van der Waals surface area contributed by atoms with E-state index in [0.717, 1.165) is 11.1 Å². The third-order valence-corrected chi connectivity index (χ3v) is 3.81. The number of halogens is 1. The summed E-state index contributed by atoms with van der Waals surface area (Å²) < 4.78 is 18.2. The molecule has 0 spiro atoms. The summed E-state index contributed by atoms with van der Waals surface area (Å²) in [6.45, 7) is 0.295. The van der Waals surface area contributed by atoms with Crippen molar-refractivity contribution in [3.05, 3.63) is 89.6 Å². The molecule has 1 amide bonds. The van der Waals surface area contributed by atoms with E-state index in [1.807, 2.05) is 30.3 Å². The molecule has 0 fully saturated rings. The van der Waals surface area contributed by atoms with E-state index in [1.165, 1.54) is 18.3 Å². The SMILES string of the molecule is O=C(C[C@H](c1ccccc1)c1ccc(F)cc1)NCc1ccno1. The minimum atomic E-state index is -0.291. The Bertz CT molecular complexity index is 771. The summed E-state index contributed by atoms with van der Waals surface area (Å²) in [5, 5.41) is 6.42. The maximum atomic E-state index is 13.2. The molecule has 0 radical (unpaired) electrons. The first-order valence-electron chi connectivity index (χ1n) is 7.69. The molecule has 2 aromatic carbocycles. The average molecular weight is 324 g/mol. The van der Waals surface area contributed by atoms with Crippen LogP contribution >= 0.6 is 0 Å². The van der Waals surface area contributed by atoms with Gasteiger partial charge in [0.2, 0.25) is 5.91 Å². The number of hydrogen-bond acceptors (Lipinski definition) is 3. The highest BCUT2D eigenvalue weighted by Crippen LogP contribution is 2.28. The van der Waals surface area contributed by atoms with E-state index in [-0.39, 0.29) is 24.1 Å². The molecular formula is C19H17FN2O2. The van der Waals surface area contributed by atoms with Gasteiger partial charge in [-0.1, -0.05) is 47.6 Å². The lowest BCUT2D eigenvalue weighted by molar-refractivity contribution is -0.121. The predicted octanol–water partition coefficient (Wildman–Crippen LogP) is 3.65. The summed E-state index contributed by atoms with van der Waals surface area (Å²) in [6.07, 6.45) is 1.80. The van der Waals surface area contributed by atoms with E-state index in [2.05, 4.69) is 10.5 Å². The second kappa shape index (κ2) is 7.55. The van der Waals surface area contributed by atoms with Gasteiger partial charge in [-0.05, 0) is 23.3 Å². The monoisotopic (exact) mass is 324 g/mol. The number of hydrogen-bond donors (Lipinski definition) is 1. The maximum absolute atomic E-state index is 13.2. The van der Waals surface area contributed by atoms with Crippen LogP contribution in [0.5, 0.6) is 0 Å². The van der Waals surface area contributed by atoms with E-state index >= 15 is 0 Å². The van der Waals surface area contributed by atoms with Gasteiger partial charge in [0, 0.05) is 18.4 Å². The molecule has 1 heterocycles. The summed E-state index contributed by atoms with van der Waals surface area (Å²) in [5.74, 6) is 0.0628. The minimum Gasteiger partial charge on any atom is -0.360 e. The van der Waals surface area contributed by atoms with E-state index in [9.17, 15) is 9.18 Å². The van der Waals surface area contributed by atoms with Crippen LogP contribution in [0.3, 0.4) is 0 Å². The molecule has 1 aromatic heterocycles. The maximum Gasteiger partial charge on any atom is 0.221 e. The fourth-order valence-electron chi connectivity index (χ4n) is 2.59. The number of nitrogens with one attached hydrogen (secondary N) is 1. The molecular weight excluding hydrogens is 307 g/mol. The van der Waals surface area contributed by atoms with Crippen LogP contribution in [0.4, 0.5) is 4.39 Å². The molecule has 0 aliphatic rings. The van der Waals surface area contributed by atoms with Crippen molar-refractivity contribution < 1.29 is 13.7 Å². The quantitative estimate of drug-likeness (QED) is 0.753. The van der Waals surface area contributed by atoms with Gasteiger partial charge in [-0.15, -0.1) is 0 Å². The van der Waals surface area contributed by atoms with E-state index < -0.39 is 0 Å². The summed E-state index contributed by atoms with van der Waals surface area (Å²) in [4.78, 5) is 12.3. The van der Waals surface area contributed by atoms with Crippen LogP contribution in [0.15, 0.2) is 71.4 Å². The van der Waals surface area contributed by atoms with Crippen LogP contribution in [0.1, 0.15) is 29.2 Å². The van der Waals surface area contributed by atoms with Crippen LogP contribution in [-0.2, 0) is 11.3 Å². The zero-order valence-corrected chi connectivity index (χ0v) is 13.0. The highest BCUT2D eigenvalue weighted by Gasteiger charge is 2.18. The van der Waals surface area contributed by atoms with Gasteiger partial charge in [-0.2, -0.15) is 0 Å². The second-order valence-corrected chi connectivity index (χ2v) is 5.47. The zero-order valence-electron chi connectivity index (χ0n) is 13.0. The van der Waals surface area contributed by atoms with Gasteiger partial charge < -0.3 is 9.84 Å². The molecule has 0 aliphatic heterocycles. The number of benzene rings is 2. The third-order valence-electron chi connectivity index (χ3n) is 3.81. The fraction of sp³-hybridized carbons (Fsp3) is 0.158. The van der Waals surface area contributed by atoms with Crippen molar-refractivity contribution in [2.75, 3.05) is 0 Å². The van der Waals surface area contributed by atoms with Crippen molar-refractivity contribution in [2.24, 2.45) is 0 Å². The van der Waals surface area contributed by atoms with Crippen molar-refractivity contribution in [3.63, 3.8) is 0 Å². The van der Waals surface area contributed by atoms with Crippen LogP contribution in [0.2, 0.25) is 0 Å². The number of carbonyl (C=O) groups excluding carboxylic acids is 1. The lowest BCUT2D eigenvalue weighted by atomic mass is 9.88. The first-order chi connectivity index (χ1) is 11.7. The van der Waals surface area contributed by atoms with Crippen molar-refractivity contribution in [1.82, 2.24) is 10.5 Å². The first-order valence-corrected chi connectivity index (χ1v) is 7.69. The summed E-state index contributed by atoms with van der Waals surface area (Å²) in [6, 6.07) is 17.7. The molecule has 1 N–H and O–H groups in total. The highest BCUT2D eigenvalue weighted by molar-refractivity contribution is 5.77. The van der Waals surface area contributed by atoms with Gasteiger partial charge in [-0.25, -0.2) is 4.39 Å². The average Bonchev–Trinajstić information content (AvgIpc) is 3.13. The number of amides is 1. The van der Waals surface area contributed by atoms with Gasteiger partial charge >= 0.3 is 0 Å². The topological polar surface area (TPSA) is 55.1 Å². The number of rotatable bonds is 6. The van der Waals surface area contributed by atoms with Crippen LogP contribution < -0.4 is 5.32 Å². The molecule has 3 rings (SSSR count). The Morgan fingerprint density at radius 1 is 1.04 bits per heavy atom. The molecule has 122 valence electrons. The van der Waals surface area contributed by atoms with Gasteiger partial charge in [-0.3, -0.25) is 4.79 Å². The van der Waals surface area contributed by atoms with Crippen LogP contribution in [-0.4, -0.2) is 11.1 Å². The van der Waals surface area contributed by atoms with Crippen molar-refractivity contribution in [3.8, 4) is 0 Å². The number of carbonyl (C=O) groups is 1. The Labute approximate surface area is 139 Å². The predicted molar refractivity (Wildman–Crippen MR) is 87.7 cm³/mol. The minimum absolute atomic E-state index is 0.107. The van der Waals surface area contributed by atoms with Gasteiger partial charge in [0.15, 0.2) is 5.76 Å². The second-order valence-electron chi connectivity index (χ2n) is 5.47. The molecule has 0 saturated heterocycles. The Kier molecular flexibility index (Phi) is 5.01. The van der Waals surface area contributed by atoms with Crippen molar-refractivity contribution in [1.29, 1.82) is 0 Å². The molecule has 4 nitrogen and oxygen atoms in total. The number of nitrogens with zero attached hydrogens (tertiary/aromatic N) is 1. The van der Waals surface area contributed by atoms with Crippen LogP contribution in [0, 0.1) is 5.82 Å². The standard InChI is InChI=1S/C19H17FN2O2/c20-16-8-6-15(7-9-16)18(14-4-2-1-3-5-14)12-19(23)21-13-17-10-11-22-24-17/h1-11,18H,12-13H2,(H,21,23)/t18-/m1/s1. The van der Waals surface area contributed by atoms with Crippen molar-refractivity contribution in [2.45, 2.75) is 18.9 Å². The zero-order chi connectivity index (χ0) is 16.8. The molecule has 5 heteroatoms. The third kappa shape index (κ3) is 4.07. The summed E-state index contributed by atoms with van der Waals surface area (Å²) in [7, 11) is 0. The Morgan fingerprint density at radius 3 is 2.42 bits per heavy atom. The van der Waals surface area contributed by atoms with E-state index in [4.69, 9.17) is 4.52 Å². The van der Waals surface area contributed by atoms with Crippen LogP contribution in [0.25, 0.3) is 0 Å². The molecule has 1 atom stereocenters. The van der Waals surface area contributed by atoms with Gasteiger partial charge in [0.1, 0.15) is 5.82 Å². The molecule has 0 bridgehead atoms. The van der Waals surface area contributed by atoms with E-state index in [0.29, 0.717) is 12.3 Å².